The van der Waals surface area contributed by atoms with Gasteiger partial charge >= 0.3 is 6.03 Å². The minimum absolute atomic E-state index is 0.292. The van der Waals surface area contributed by atoms with Crippen molar-refractivity contribution in [2.75, 3.05) is 0 Å². The lowest BCUT2D eigenvalue weighted by atomic mass is 10.1. The quantitative estimate of drug-likeness (QED) is 0.657. The van der Waals surface area contributed by atoms with Crippen molar-refractivity contribution in [1.82, 2.24) is 5.43 Å². The smallest absolute Gasteiger partial charge is 0.332 e. The number of hydrogen-bond acceptors (Lipinski definition) is 2. The van der Waals surface area contributed by atoms with E-state index in [0.29, 0.717) is 5.71 Å². The van der Waals surface area contributed by atoms with Gasteiger partial charge in [0.2, 0.25) is 0 Å². The van der Waals surface area contributed by atoms with E-state index in [1.807, 2.05) is 30.3 Å². The number of carbonyl (C=O) groups excluding carboxylic acids is 1. The summed E-state index contributed by atoms with van der Waals surface area (Å²) in [6, 6.07) is 14.6. The van der Waals surface area contributed by atoms with E-state index in [9.17, 15) is 9.18 Å². The van der Waals surface area contributed by atoms with Crippen LogP contribution < -0.4 is 11.2 Å². The molecule has 0 radical (unpaired) electrons. The van der Waals surface area contributed by atoms with Gasteiger partial charge in [-0.05, 0) is 23.8 Å². The summed E-state index contributed by atoms with van der Waals surface area (Å²) in [5.74, 6) is -0.292. The molecule has 21 heavy (non-hydrogen) atoms. The average molecular weight is 283 g/mol. The number of carbonyl (C=O) groups is 1. The topological polar surface area (TPSA) is 67.5 Å². The third-order valence-corrected chi connectivity index (χ3v) is 2.66. The van der Waals surface area contributed by atoms with Crippen LogP contribution in [0.25, 0.3) is 6.08 Å². The molecule has 0 saturated carbocycles. The number of rotatable bonds is 4. The molecule has 0 heterocycles. The van der Waals surface area contributed by atoms with Crippen LogP contribution in [0, 0.1) is 5.82 Å². The number of hydrogen-bond donors (Lipinski definition) is 2. The number of amides is 2. The van der Waals surface area contributed by atoms with E-state index in [-0.39, 0.29) is 5.82 Å². The zero-order valence-corrected chi connectivity index (χ0v) is 11.2. The Morgan fingerprint density at radius 2 is 1.76 bits per heavy atom. The number of nitrogens with zero attached hydrogens (tertiary/aromatic N) is 1. The Morgan fingerprint density at radius 3 is 2.38 bits per heavy atom. The van der Waals surface area contributed by atoms with Crippen LogP contribution in [-0.4, -0.2) is 11.7 Å². The molecule has 0 unspecified atom stereocenters. The molecule has 0 bridgehead atoms. The van der Waals surface area contributed by atoms with Crippen LogP contribution in [0.3, 0.4) is 0 Å². The van der Waals surface area contributed by atoms with Gasteiger partial charge in [0.25, 0.3) is 0 Å². The van der Waals surface area contributed by atoms with Gasteiger partial charge in [-0.3, -0.25) is 0 Å². The Balaban J connectivity index is 2.26. The molecule has 0 fully saturated rings. The van der Waals surface area contributed by atoms with E-state index in [4.69, 9.17) is 5.73 Å². The number of allylic oxidation sites excluding steroid dienone is 1. The van der Waals surface area contributed by atoms with Gasteiger partial charge in [-0.1, -0.05) is 48.5 Å². The first kappa shape index (κ1) is 14.5. The molecule has 3 N–H and O–H groups in total. The third kappa shape index (κ3) is 4.58. The predicted octanol–water partition coefficient (Wildman–Crippen LogP) is 2.91. The second-order valence-corrected chi connectivity index (χ2v) is 4.22. The fourth-order valence-corrected chi connectivity index (χ4v) is 1.67. The fourth-order valence-electron chi connectivity index (χ4n) is 1.67. The van der Waals surface area contributed by atoms with Gasteiger partial charge in [-0.2, -0.15) is 5.10 Å². The number of benzene rings is 2. The second-order valence-electron chi connectivity index (χ2n) is 4.22. The van der Waals surface area contributed by atoms with E-state index < -0.39 is 6.03 Å². The average Bonchev–Trinajstić information content (AvgIpc) is 2.50. The zero-order chi connectivity index (χ0) is 15.1. The third-order valence-electron chi connectivity index (χ3n) is 2.66. The summed E-state index contributed by atoms with van der Waals surface area (Å²) >= 11 is 0. The molecule has 2 aromatic carbocycles. The molecule has 2 amide bonds. The van der Waals surface area contributed by atoms with Crippen molar-refractivity contribution in [1.29, 1.82) is 0 Å². The highest BCUT2D eigenvalue weighted by Crippen LogP contribution is 2.08. The van der Waals surface area contributed by atoms with Crippen molar-refractivity contribution in [2.24, 2.45) is 10.8 Å². The SMILES string of the molecule is NC(=O)N/N=C(\C=C\c1ccc(F)cc1)c1ccccc1. The monoisotopic (exact) mass is 283 g/mol. The van der Waals surface area contributed by atoms with Crippen LogP contribution in [0.1, 0.15) is 11.1 Å². The van der Waals surface area contributed by atoms with Crippen molar-refractivity contribution >= 4 is 17.8 Å². The van der Waals surface area contributed by atoms with Crippen molar-refractivity contribution in [2.45, 2.75) is 0 Å². The normalized spacial score (nSPS) is 11.6. The summed E-state index contributed by atoms with van der Waals surface area (Å²) in [5.41, 5.74) is 9.41. The molecule has 0 spiro atoms. The van der Waals surface area contributed by atoms with Gasteiger partial charge in [-0.15, -0.1) is 0 Å². The lowest BCUT2D eigenvalue weighted by Gasteiger charge is -2.02. The van der Waals surface area contributed by atoms with Crippen LogP contribution in [-0.2, 0) is 0 Å². The lowest BCUT2D eigenvalue weighted by molar-refractivity contribution is 0.249. The van der Waals surface area contributed by atoms with E-state index in [2.05, 4.69) is 10.5 Å². The molecular weight excluding hydrogens is 269 g/mol. The highest BCUT2D eigenvalue weighted by molar-refractivity contribution is 6.10. The first-order chi connectivity index (χ1) is 10.1. The minimum Gasteiger partial charge on any atom is -0.350 e. The molecular formula is C16H14FN3O. The van der Waals surface area contributed by atoms with Crippen LogP contribution in [0.4, 0.5) is 9.18 Å². The molecule has 5 heteroatoms. The summed E-state index contributed by atoms with van der Waals surface area (Å²) in [6.07, 6.45) is 3.49. The molecule has 0 saturated heterocycles. The second kappa shape index (κ2) is 7.00. The molecule has 0 aliphatic heterocycles. The summed E-state index contributed by atoms with van der Waals surface area (Å²) < 4.78 is 12.9. The van der Waals surface area contributed by atoms with Crippen molar-refractivity contribution in [3.8, 4) is 0 Å². The Bertz CT molecular complexity index is 664. The predicted molar refractivity (Wildman–Crippen MR) is 81.1 cm³/mol. The Labute approximate surface area is 121 Å². The Morgan fingerprint density at radius 1 is 1.10 bits per heavy atom. The Kier molecular flexibility index (Phi) is 4.82. The molecule has 2 rings (SSSR count). The van der Waals surface area contributed by atoms with Gasteiger partial charge < -0.3 is 5.73 Å². The summed E-state index contributed by atoms with van der Waals surface area (Å²) in [5, 5.41) is 3.96. The Hall–Kier alpha value is -2.95. The largest absolute Gasteiger partial charge is 0.350 e. The van der Waals surface area contributed by atoms with Gasteiger partial charge in [-0.25, -0.2) is 14.6 Å². The minimum atomic E-state index is -0.737. The lowest BCUT2D eigenvalue weighted by Crippen LogP contribution is -2.25. The van der Waals surface area contributed by atoms with Crippen molar-refractivity contribution < 1.29 is 9.18 Å². The van der Waals surface area contributed by atoms with Gasteiger partial charge in [0, 0.05) is 5.56 Å². The van der Waals surface area contributed by atoms with Crippen LogP contribution in [0.5, 0.6) is 0 Å². The van der Waals surface area contributed by atoms with E-state index in [1.165, 1.54) is 12.1 Å². The standard InChI is InChI=1S/C16H14FN3O/c17-14-9-6-12(7-10-14)8-11-15(19-20-16(18)21)13-4-2-1-3-5-13/h1-11H,(H3,18,20,21)/b11-8+,19-15+. The summed E-state index contributed by atoms with van der Waals surface area (Å²) in [7, 11) is 0. The van der Waals surface area contributed by atoms with Gasteiger partial charge in [0.15, 0.2) is 0 Å². The van der Waals surface area contributed by atoms with E-state index in [1.54, 1.807) is 24.3 Å². The maximum absolute atomic E-state index is 12.9. The summed E-state index contributed by atoms with van der Waals surface area (Å²) in [4.78, 5) is 10.8. The molecule has 0 aromatic heterocycles. The molecule has 0 atom stereocenters. The number of nitrogens with two attached hydrogens (primary N) is 1. The van der Waals surface area contributed by atoms with Crippen molar-refractivity contribution in [3.05, 3.63) is 77.6 Å². The van der Waals surface area contributed by atoms with Crippen LogP contribution >= 0.6 is 0 Å². The molecule has 106 valence electrons. The first-order valence-corrected chi connectivity index (χ1v) is 6.27. The maximum atomic E-state index is 12.9. The van der Waals surface area contributed by atoms with Crippen molar-refractivity contribution in [3.63, 3.8) is 0 Å². The van der Waals surface area contributed by atoms with Crippen LogP contribution in [0.2, 0.25) is 0 Å². The molecule has 2 aromatic rings. The first-order valence-electron chi connectivity index (χ1n) is 6.27. The van der Waals surface area contributed by atoms with E-state index in [0.717, 1.165) is 11.1 Å². The highest BCUT2D eigenvalue weighted by atomic mass is 19.1. The fraction of sp³-hybridized carbons (Fsp3) is 0. The highest BCUT2D eigenvalue weighted by Gasteiger charge is 2.00. The number of hydrazone groups is 1. The van der Waals surface area contributed by atoms with Gasteiger partial charge in [0.1, 0.15) is 5.82 Å². The maximum Gasteiger partial charge on any atom is 0.332 e. The molecule has 0 aliphatic rings. The molecule has 4 nitrogen and oxygen atoms in total. The van der Waals surface area contributed by atoms with Crippen LogP contribution in [0.15, 0.2) is 65.8 Å². The number of halogens is 1. The zero-order valence-electron chi connectivity index (χ0n) is 11.2. The van der Waals surface area contributed by atoms with Gasteiger partial charge in [0.05, 0.1) is 5.71 Å². The number of nitrogens with one attached hydrogen (secondary N) is 1. The number of urea groups is 1. The number of primary amides is 1. The van der Waals surface area contributed by atoms with E-state index >= 15 is 0 Å². The molecule has 0 aliphatic carbocycles. The summed E-state index contributed by atoms with van der Waals surface area (Å²) in [6.45, 7) is 0.